The highest BCUT2D eigenvalue weighted by molar-refractivity contribution is 5.77. The Morgan fingerprint density at radius 1 is 1.30 bits per heavy atom. The maximum atomic E-state index is 12.5. The molecule has 1 N–H and O–H groups in total. The molecule has 0 spiro atoms. The van der Waals surface area contributed by atoms with Gasteiger partial charge in [0.25, 0.3) is 5.56 Å². The maximum Gasteiger partial charge on any atom is 0.261 e. The molecule has 0 saturated heterocycles. The van der Waals surface area contributed by atoms with E-state index >= 15 is 0 Å². The second-order valence-electron chi connectivity index (χ2n) is 5.98. The number of nitrogens with zero attached hydrogens (tertiary/aromatic N) is 2. The standard InChI is InChI=1S/C16H20N2O2/c1-12-5-6-14-13(9-12)15(19)18(11-17-14)10-16(20)7-3-2-4-8-16/h5-6,9,11,20H,2-4,7-8,10H2,1H3. The fourth-order valence-electron chi connectivity index (χ4n) is 3.07. The Morgan fingerprint density at radius 3 is 2.80 bits per heavy atom. The lowest BCUT2D eigenvalue weighted by Gasteiger charge is -2.32. The Balaban J connectivity index is 2.00. The Kier molecular flexibility index (Phi) is 3.34. The molecule has 0 amide bonds. The van der Waals surface area contributed by atoms with Crippen molar-refractivity contribution in [3.8, 4) is 0 Å². The van der Waals surface area contributed by atoms with Gasteiger partial charge in [-0.05, 0) is 31.9 Å². The molecule has 1 aromatic carbocycles. The van der Waals surface area contributed by atoms with Crippen molar-refractivity contribution in [2.75, 3.05) is 0 Å². The predicted octanol–water partition coefficient (Wildman–Crippen LogP) is 2.40. The van der Waals surface area contributed by atoms with Crippen LogP contribution in [0.5, 0.6) is 0 Å². The summed E-state index contributed by atoms with van der Waals surface area (Å²) in [7, 11) is 0. The van der Waals surface area contributed by atoms with E-state index in [9.17, 15) is 9.90 Å². The summed E-state index contributed by atoms with van der Waals surface area (Å²) in [6.45, 7) is 2.31. The SMILES string of the molecule is Cc1ccc2ncn(CC3(O)CCCCC3)c(=O)c2c1. The zero-order chi connectivity index (χ0) is 14.2. The van der Waals surface area contributed by atoms with E-state index in [1.807, 2.05) is 25.1 Å². The zero-order valence-corrected chi connectivity index (χ0v) is 11.8. The van der Waals surface area contributed by atoms with Crippen molar-refractivity contribution in [1.82, 2.24) is 9.55 Å². The topological polar surface area (TPSA) is 55.1 Å². The monoisotopic (exact) mass is 272 g/mol. The van der Waals surface area contributed by atoms with Gasteiger partial charge in [0.05, 0.1) is 29.4 Å². The van der Waals surface area contributed by atoms with E-state index in [1.165, 1.54) is 6.42 Å². The molecule has 3 rings (SSSR count). The number of aromatic nitrogens is 2. The molecule has 106 valence electrons. The van der Waals surface area contributed by atoms with Crippen LogP contribution in [0.2, 0.25) is 0 Å². The lowest BCUT2D eigenvalue weighted by Crippen LogP contribution is -2.39. The van der Waals surface area contributed by atoms with Gasteiger partial charge in [0.1, 0.15) is 0 Å². The highest BCUT2D eigenvalue weighted by Gasteiger charge is 2.30. The molecule has 0 radical (unpaired) electrons. The first kappa shape index (κ1) is 13.3. The van der Waals surface area contributed by atoms with Crippen LogP contribution in [-0.2, 0) is 6.54 Å². The van der Waals surface area contributed by atoms with Crippen LogP contribution < -0.4 is 5.56 Å². The van der Waals surface area contributed by atoms with Gasteiger partial charge in [-0.15, -0.1) is 0 Å². The van der Waals surface area contributed by atoms with Crippen molar-refractivity contribution in [3.63, 3.8) is 0 Å². The predicted molar refractivity (Wildman–Crippen MR) is 78.8 cm³/mol. The third kappa shape index (κ3) is 2.48. The number of aliphatic hydroxyl groups is 1. The Morgan fingerprint density at radius 2 is 2.05 bits per heavy atom. The highest BCUT2D eigenvalue weighted by Crippen LogP contribution is 2.29. The summed E-state index contributed by atoms with van der Waals surface area (Å²) in [5.41, 5.74) is 0.956. The van der Waals surface area contributed by atoms with Crippen LogP contribution in [0.15, 0.2) is 29.3 Å². The van der Waals surface area contributed by atoms with Gasteiger partial charge in [0.2, 0.25) is 0 Å². The van der Waals surface area contributed by atoms with Crippen molar-refractivity contribution >= 4 is 10.9 Å². The Hall–Kier alpha value is -1.68. The van der Waals surface area contributed by atoms with Gasteiger partial charge in [-0.25, -0.2) is 4.98 Å². The van der Waals surface area contributed by atoms with Crippen LogP contribution in [0.25, 0.3) is 10.9 Å². The Labute approximate surface area is 118 Å². The second-order valence-corrected chi connectivity index (χ2v) is 5.98. The van der Waals surface area contributed by atoms with Crippen molar-refractivity contribution in [2.24, 2.45) is 0 Å². The smallest absolute Gasteiger partial charge is 0.261 e. The molecule has 4 heteroatoms. The summed E-state index contributed by atoms with van der Waals surface area (Å²) in [4.78, 5) is 16.8. The van der Waals surface area contributed by atoms with Crippen LogP contribution in [0, 0.1) is 6.92 Å². The molecule has 1 aromatic heterocycles. The molecule has 1 heterocycles. The molecule has 1 fully saturated rings. The molecular weight excluding hydrogens is 252 g/mol. The van der Waals surface area contributed by atoms with Crippen molar-refractivity contribution in [2.45, 2.75) is 51.2 Å². The van der Waals surface area contributed by atoms with Gasteiger partial charge in [-0.2, -0.15) is 0 Å². The number of hydrogen-bond acceptors (Lipinski definition) is 3. The van der Waals surface area contributed by atoms with E-state index in [1.54, 1.807) is 10.9 Å². The lowest BCUT2D eigenvalue weighted by atomic mass is 9.85. The van der Waals surface area contributed by atoms with Crippen LogP contribution >= 0.6 is 0 Å². The van der Waals surface area contributed by atoms with E-state index in [0.29, 0.717) is 17.4 Å². The quantitative estimate of drug-likeness (QED) is 0.913. The van der Waals surface area contributed by atoms with Gasteiger partial charge < -0.3 is 5.11 Å². The third-order valence-electron chi connectivity index (χ3n) is 4.23. The Bertz CT molecular complexity index is 684. The summed E-state index contributed by atoms with van der Waals surface area (Å²) < 4.78 is 1.56. The zero-order valence-electron chi connectivity index (χ0n) is 11.8. The highest BCUT2D eigenvalue weighted by atomic mass is 16.3. The molecular formula is C16H20N2O2. The molecule has 20 heavy (non-hydrogen) atoms. The molecule has 1 aliphatic rings. The normalized spacial score (nSPS) is 18.3. The fraction of sp³-hybridized carbons (Fsp3) is 0.500. The maximum absolute atomic E-state index is 12.5. The van der Waals surface area contributed by atoms with Crippen molar-refractivity contribution < 1.29 is 5.11 Å². The van der Waals surface area contributed by atoms with Crippen LogP contribution in [-0.4, -0.2) is 20.3 Å². The molecule has 1 aliphatic carbocycles. The average molecular weight is 272 g/mol. The summed E-state index contributed by atoms with van der Waals surface area (Å²) in [5.74, 6) is 0. The minimum absolute atomic E-state index is 0.0577. The second kappa shape index (κ2) is 5.02. The number of fused-ring (bicyclic) bond motifs is 1. The van der Waals surface area contributed by atoms with Gasteiger partial charge in [-0.3, -0.25) is 9.36 Å². The summed E-state index contributed by atoms with van der Waals surface area (Å²) in [5, 5.41) is 11.2. The first-order chi connectivity index (χ1) is 9.57. The van der Waals surface area contributed by atoms with E-state index in [2.05, 4.69) is 4.98 Å². The molecule has 0 bridgehead atoms. The minimum Gasteiger partial charge on any atom is -0.388 e. The molecule has 0 unspecified atom stereocenters. The van der Waals surface area contributed by atoms with E-state index in [-0.39, 0.29) is 5.56 Å². The van der Waals surface area contributed by atoms with Crippen LogP contribution in [0.3, 0.4) is 0 Å². The molecule has 4 nitrogen and oxygen atoms in total. The van der Waals surface area contributed by atoms with Gasteiger partial charge in [-0.1, -0.05) is 30.9 Å². The summed E-state index contributed by atoms with van der Waals surface area (Å²) in [6.07, 6.45) is 6.34. The van der Waals surface area contributed by atoms with E-state index in [4.69, 9.17) is 0 Å². The van der Waals surface area contributed by atoms with Gasteiger partial charge in [0, 0.05) is 0 Å². The summed E-state index contributed by atoms with van der Waals surface area (Å²) >= 11 is 0. The van der Waals surface area contributed by atoms with E-state index < -0.39 is 5.60 Å². The first-order valence-corrected chi connectivity index (χ1v) is 7.26. The fourth-order valence-corrected chi connectivity index (χ4v) is 3.07. The number of rotatable bonds is 2. The minimum atomic E-state index is -0.749. The van der Waals surface area contributed by atoms with Crippen LogP contribution in [0.4, 0.5) is 0 Å². The van der Waals surface area contributed by atoms with Crippen molar-refractivity contribution in [1.29, 1.82) is 0 Å². The van der Waals surface area contributed by atoms with Gasteiger partial charge >= 0.3 is 0 Å². The molecule has 2 aromatic rings. The summed E-state index contributed by atoms with van der Waals surface area (Å²) in [6, 6.07) is 5.69. The number of benzene rings is 1. The largest absolute Gasteiger partial charge is 0.388 e. The molecule has 1 saturated carbocycles. The number of hydrogen-bond donors (Lipinski definition) is 1. The number of aryl methyl sites for hydroxylation is 1. The lowest BCUT2D eigenvalue weighted by molar-refractivity contribution is -0.0123. The van der Waals surface area contributed by atoms with Crippen LogP contribution in [0.1, 0.15) is 37.7 Å². The molecule has 0 aliphatic heterocycles. The average Bonchev–Trinajstić information content (AvgIpc) is 2.43. The van der Waals surface area contributed by atoms with Gasteiger partial charge in [0.15, 0.2) is 0 Å². The van der Waals surface area contributed by atoms with Crippen molar-refractivity contribution in [3.05, 3.63) is 40.4 Å². The first-order valence-electron chi connectivity index (χ1n) is 7.26. The van der Waals surface area contributed by atoms with E-state index in [0.717, 1.165) is 31.2 Å². The molecule has 0 atom stereocenters. The third-order valence-corrected chi connectivity index (χ3v) is 4.23.